The zero-order valence-corrected chi connectivity index (χ0v) is 14.7. The minimum Gasteiger partial charge on any atom is -0.458 e. The lowest BCUT2D eigenvalue weighted by atomic mass is 10.00. The van der Waals surface area contributed by atoms with Crippen molar-refractivity contribution in [3.8, 4) is 0 Å². The van der Waals surface area contributed by atoms with Gasteiger partial charge in [-0.15, -0.1) is 0 Å². The Kier molecular flexibility index (Phi) is 6.53. The summed E-state index contributed by atoms with van der Waals surface area (Å²) in [6.07, 6.45) is 9.90. The Labute approximate surface area is 143 Å². The summed E-state index contributed by atoms with van der Waals surface area (Å²) in [5.74, 6) is -0.686. The average molecular weight is 328 g/mol. The number of carbonyl (C=O) groups is 1. The van der Waals surface area contributed by atoms with Crippen molar-refractivity contribution >= 4 is 11.5 Å². The van der Waals surface area contributed by atoms with E-state index in [1.54, 1.807) is 6.08 Å². The molecule has 2 rings (SSSR count). The molecule has 0 atom stereocenters. The molecule has 1 aliphatic heterocycles. The van der Waals surface area contributed by atoms with Gasteiger partial charge in [0.2, 0.25) is 0 Å². The number of hydrogen-bond donors (Lipinski definition) is 0. The van der Waals surface area contributed by atoms with E-state index in [0.29, 0.717) is 11.1 Å². The van der Waals surface area contributed by atoms with Crippen LogP contribution in [0.25, 0.3) is 5.57 Å². The van der Waals surface area contributed by atoms with Crippen molar-refractivity contribution in [1.29, 1.82) is 0 Å². The van der Waals surface area contributed by atoms with E-state index in [4.69, 9.17) is 4.74 Å². The summed E-state index contributed by atoms with van der Waals surface area (Å²) in [6, 6.07) is 4.81. The summed E-state index contributed by atoms with van der Waals surface area (Å²) in [7, 11) is 0. The number of halogens is 1. The first-order valence-electron chi connectivity index (χ1n) is 8.42. The van der Waals surface area contributed by atoms with E-state index in [1.807, 2.05) is 6.07 Å². The number of cyclic esters (lactones) is 1. The summed E-state index contributed by atoms with van der Waals surface area (Å²) in [4.78, 5) is 11.6. The average Bonchev–Trinajstić information content (AvgIpc) is 2.92. The second-order valence-electron chi connectivity index (χ2n) is 6.47. The van der Waals surface area contributed by atoms with Crippen molar-refractivity contribution < 1.29 is 13.9 Å². The summed E-state index contributed by atoms with van der Waals surface area (Å²) < 4.78 is 18.7. The van der Waals surface area contributed by atoms with Crippen LogP contribution in [0.5, 0.6) is 0 Å². The van der Waals surface area contributed by atoms with Gasteiger partial charge in [-0.2, -0.15) is 0 Å². The molecule has 0 fully saturated rings. The number of aryl methyl sites for hydroxylation is 1. The van der Waals surface area contributed by atoms with Crippen molar-refractivity contribution in [3.63, 3.8) is 0 Å². The van der Waals surface area contributed by atoms with E-state index in [2.05, 4.69) is 32.9 Å². The third-order valence-corrected chi connectivity index (χ3v) is 4.01. The molecule has 0 aliphatic carbocycles. The lowest BCUT2D eigenvalue weighted by Crippen LogP contribution is -2.00. The number of carbonyl (C=O) groups excluding carboxylic acids is 1. The van der Waals surface area contributed by atoms with Crippen LogP contribution in [0, 0.1) is 5.82 Å². The lowest BCUT2D eigenvalue weighted by molar-refractivity contribution is -0.133. The highest BCUT2D eigenvalue weighted by molar-refractivity contribution is 6.18. The smallest absolute Gasteiger partial charge is 0.338 e. The zero-order valence-electron chi connectivity index (χ0n) is 14.7. The summed E-state index contributed by atoms with van der Waals surface area (Å²) in [5, 5.41) is 0. The predicted octanol–water partition coefficient (Wildman–Crippen LogP) is 5.39. The van der Waals surface area contributed by atoms with Crippen LogP contribution >= 0.6 is 0 Å². The highest BCUT2D eigenvalue weighted by atomic mass is 19.1. The van der Waals surface area contributed by atoms with Gasteiger partial charge in [-0.25, -0.2) is 9.18 Å². The number of hydrogen-bond acceptors (Lipinski definition) is 2. The van der Waals surface area contributed by atoms with Crippen LogP contribution in [0.15, 0.2) is 47.6 Å². The topological polar surface area (TPSA) is 26.3 Å². The number of esters is 1. The molecule has 1 heterocycles. The van der Waals surface area contributed by atoms with Gasteiger partial charge in [0.1, 0.15) is 12.4 Å². The number of allylic oxidation sites excluding steroid dienone is 4. The molecule has 1 aromatic carbocycles. The molecule has 128 valence electrons. The summed E-state index contributed by atoms with van der Waals surface area (Å²) in [6.45, 7) is 6.62. The number of ether oxygens (including phenoxy) is 1. The largest absolute Gasteiger partial charge is 0.458 e. The molecule has 1 aromatic rings. The van der Waals surface area contributed by atoms with E-state index < -0.39 is 0 Å². The van der Waals surface area contributed by atoms with Crippen LogP contribution in [-0.4, -0.2) is 12.6 Å². The molecule has 0 unspecified atom stereocenters. The van der Waals surface area contributed by atoms with Crippen LogP contribution in [0.1, 0.15) is 51.2 Å². The first kappa shape index (κ1) is 18.2. The molecule has 0 saturated heterocycles. The van der Waals surface area contributed by atoms with Crippen molar-refractivity contribution in [2.45, 2.75) is 46.5 Å². The molecule has 0 aromatic heterocycles. The SMILES string of the molecule is CC(C)=CCC/C(C)=C/CCc1cc(F)cc(C2=CCOC2=O)c1. The van der Waals surface area contributed by atoms with Gasteiger partial charge in [-0.1, -0.05) is 29.4 Å². The van der Waals surface area contributed by atoms with Gasteiger partial charge in [-0.3, -0.25) is 0 Å². The molecule has 0 N–H and O–H groups in total. The highest BCUT2D eigenvalue weighted by Crippen LogP contribution is 2.23. The standard InChI is InChI=1S/C21H25FO2/c1-15(2)6-4-7-16(3)8-5-9-17-12-18(14-19(22)13-17)20-10-11-24-21(20)23/h6,8,10,12-14H,4-5,7,9,11H2,1-3H3/b16-8+. The fourth-order valence-corrected chi connectivity index (χ4v) is 2.72. The maximum atomic E-state index is 13.8. The lowest BCUT2D eigenvalue weighted by Gasteiger charge is -2.06. The Morgan fingerprint density at radius 1 is 1.17 bits per heavy atom. The zero-order chi connectivity index (χ0) is 17.5. The van der Waals surface area contributed by atoms with Gasteiger partial charge >= 0.3 is 5.97 Å². The third-order valence-electron chi connectivity index (χ3n) is 4.01. The molecule has 1 aliphatic rings. The van der Waals surface area contributed by atoms with E-state index >= 15 is 0 Å². The Bertz CT molecular complexity index is 692. The molecule has 0 spiro atoms. The predicted molar refractivity (Wildman–Crippen MR) is 96.1 cm³/mol. The van der Waals surface area contributed by atoms with Crippen LogP contribution in [-0.2, 0) is 16.0 Å². The second kappa shape index (κ2) is 8.62. The molecular formula is C21H25FO2. The van der Waals surface area contributed by atoms with Crippen LogP contribution in [0.3, 0.4) is 0 Å². The normalized spacial score (nSPS) is 14.4. The Hall–Kier alpha value is -2.16. The molecular weight excluding hydrogens is 303 g/mol. The molecule has 0 bridgehead atoms. The van der Waals surface area contributed by atoms with Crippen molar-refractivity contribution in [2.75, 3.05) is 6.61 Å². The van der Waals surface area contributed by atoms with E-state index in [-0.39, 0.29) is 18.4 Å². The number of benzene rings is 1. The van der Waals surface area contributed by atoms with Gasteiger partial charge < -0.3 is 4.74 Å². The third kappa shape index (κ3) is 5.48. The molecule has 0 radical (unpaired) electrons. The van der Waals surface area contributed by atoms with E-state index in [0.717, 1.165) is 31.2 Å². The minimum atomic E-state index is -0.374. The Balaban J connectivity index is 1.96. The molecule has 24 heavy (non-hydrogen) atoms. The van der Waals surface area contributed by atoms with Crippen molar-refractivity contribution in [3.05, 3.63) is 64.5 Å². The first-order valence-corrected chi connectivity index (χ1v) is 8.42. The fraction of sp³-hybridized carbons (Fsp3) is 0.381. The van der Waals surface area contributed by atoms with Crippen molar-refractivity contribution in [1.82, 2.24) is 0 Å². The summed E-state index contributed by atoms with van der Waals surface area (Å²) in [5.41, 5.74) is 4.67. The Morgan fingerprint density at radius 2 is 1.96 bits per heavy atom. The minimum absolute atomic E-state index is 0.271. The quantitative estimate of drug-likeness (QED) is 0.495. The van der Waals surface area contributed by atoms with Gasteiger partial charge in [-0.05, 0) is 75.8 Å². The van der Waals surface area contributed by atoms with Gasteiger partial charge in [0.05, 0.1) is 5.57 Å². The summed E-state index contributed by atoms with van der Waals surface area (Å²) >= 11 is 0. The fourth-order valence-electron chi connectivity index (χ4n) is 2.72. The first-order chi connectivity index (χ1) is 11.5. The van der Waals surface area contributed by atoms with Crippen LogP contribution in [0.2, 0.25) is 0 Å². The molecule has 3 heteroatoms. The van der Waals surface area contributed by atoms with Crippen LogP contribution in [0.4, 0.5) is 4.39 Å². The van der Waals surface area contributed by atoms with Crippen LogP contribution < -0.4 is 0 Å². The highest BCUT2D eigenvalue weighted by Gasteiger charge is 2.19. The van der Waals surface area contributed by atoms with E-state index in [1.165, 1.54) is 23.3 Å². The monoisotopic (exact) mass is 328 g/mol. The molecule has 2 nitrogen and oxygen atoms in total. The van der Waals surface area contributed by atoms with Gasteiger partial charge in [0.25, 0.3) is 0 Å². The van der Waals surface area contributed by atoms with Gasteiger partial charge in [0, 0.05) is 0 Å². The van der Waals surface area contributed by atoms with Crippen molar-refractivity contribution in [2.24, 2.45) is 0 Å². The number of rotatable bonds is 7. The second-order valence-corrected chi connectivity index (χ2v) is 6.47. The Morgan fingerprint density at radius 3 is 2.62 bits per heavy atom. The maximum absolute atomic E-state index is 13.8. The van der Waals surface area contributed by atoms with E-state index in [9.17, 15) is 9.18 Å². The molecule has 0 amide bonds. The molecule has 0 saturated carbocycles. The van der Waals surface area contributed by atoms with Gasteiger partial charge in [0.15, 0.2) is 0 Å². The maximum Gasteiger partial charge on any atom is 0.338 e.